The number of hydrogen-bond donors (Lipinski definition) is 2. The Balaban J connectivity index is 1.72. The molecule has 1 amide bonds. The van der Waals surface area contributed by atoms with Crippen molar-refractivity contribution in [2.24, 2.45) is 5.14 Å². The second-order valence-electron chi connectivity index (χ2n) is 7.69. The van der Waals surface area contributed by atoms with Crippen LogP contribution in [0.3, 0.4) is 0 Å². The highest BCUT2D eigenvalue weighted by Gasteiger charge is 2.50. The Kier molecular flexibility index (Phi) is 5.55. The number of aliphatic hydroxyl groups is 1. The van der Waals surface area contributed by atoms with Gasteiger partial charge >= 0.3 is 6.18 Å². The monoisotopic (exact) mass is 476 g/mol. The zero-order chi connectivity index (χ0) is 24.0. The van der Waals surface area contributed by atoms with Crippen molar-refractivity contribution in [3.05, 3.63) is 101 Å². The maximum absolute atomic E-state index is 13.3. The van der Waals surface area contributed by atoms with Crippen molar-refractivity contribution in [3.8, 4) is 0 Å². The minimum absolute atomic E-state index is 0.0328. The van der Waals surface area contributed by atoms with E-state index in [0.717, 1.165) is 17.0 Å². The Labute approximate surface area is 188 Å². The molecule has 0 bridgehead atoms. The van der Waals surface area contributed by atoms with Crippen LogP contribution in [0.1, 0.15) is 32.6 Å². The van der Waals surface area contributed by atoms with Crippen LogP contribution in [-0.2, 0) is 28.3 Å². The summed E-state index contributed by atoms with van der Waals surface area (Å²) in [6.45, 7) is -0.0328. The van der Waals surface area contributed by atoms with Crippen LogP contribution in [-0.4, -0.2) is 30.9 Å². The Morgan fingerprint density at radius 2 is 1.64 bits per heavy atom. The molecule has 3 aromatic rings. The van der Waals surface area contributed by atoms with Crippen molar-refractivity contribution >= 4 is 15.9 Å². The number of benzene rings is 3. The minimum Gasteiger partial charge on any atom is -0.363 e. The first-order valence-corrected chi connectivity index (χ1v) is 11.4. The van der Waals surface area contributed by atoms with E-state index in [1.54, 1.807) is 12.1 Å². The second kappa shape index (κ2) is 7.98. The Morgan fingerprint density at radius 1 is 0.970 bits per heavy atom. The molecule has 0 spiro atoms. The van der Waals surface area contributed by atoms with E-state index in [0.29, 0.717) is 5.56 Å². The number of amides is 1. The molecule has 0 aromatic heterocycles. The van der Waals surface area contributed by atoms with Crippen molar-refractivity contribution in [2.75, 3.05) is 6.54 Å². The first kappa shape index (κ1) is 23.0. The number of nitrogens with two attached hydrogens (primary N) is 1. The van der Waals surface area contributed by atoms with Crippen molar-refractivity contribution < 1.29 is 31.5 Å². The van der Waals surface area contributed by atoms with Gasteiger partial charge in [-0.1, -0.05) is 42.5 Å². The maximum Gasteiger partial charge on any atom is 0.416 e. The fourth-order valence-electron chi connectivity index (χ4n) is 3.99. The summed E-state index contributed by atoms with van der Waals surface area (Å²) in [7, 11) is -3.86. The number of rotatable bonds is 5. The predicted molar refractivity (Wildman–Crippen MR) is 113 cm³/mol. The van der Waals surface area contributed by atoms with Crippen LogP contribution < -0.4 is 5.14 Å². The molecule has 1 unspecified atom stereocenters. The van der Waals surface area contributed by atoms with E-state index in [4.69, 9.17) is 5.14 Å². The van der Waals surface area contributed by atoms with E-state index in [9.17, 15) is 31.5 Å². The van der Waals surface area contributed by atoms with Gasteiger partial charge in [0.1, 0.15) is 0 Å². The summed E-state index contributed by atoms with van der Waals surface area (Å²) < 4.78 is 62.8. The van der Waals surface area contributed by atoms with Crippen molar-refractivity contribution in [3.63, 3.8) is 0 Å². The van der Waals surface area contributed by atoms with Gasteiger partial charge in [0.2, 0.25) is 10.0 Å². The molecule has 6 nitrogen and oxygen atoms in total. The molecule has 4 rings (SSSR count). The summed E-state index contributed by atoms with van der Waals surface area (Å²) in [5.74, 6) is -0.522. The Bertz CT molecular complexity index is 1320. The van der Waals surface area contributed by atoms with Gasteiger partial charge in [-0.3, -0.25) is 4.79 Å². The molecule has 0 saturated heterocycles. The summed E-state index contributed by atoms with van der Waals surface area (Å²) in [5.41, 5.74) is -2.09. The average Bonchev–Trinajstić information content (AvgIpc) is 2.99. The number of carbonyl (C=O) groups excluding carboxylic acids is 1. The minimum atomic E-state index is -4.62. The maximum atomic E-state index is 13.3. The van der Waals surface area contributed by atoms with Gasteiger partial charge in [0.05, 0.1) is 10.5 Å². The number of halogens is 3. The van der Waals surface area contributed by atoms with E-state index in [1.807, 2.05) is 0 Å². The van der Waals surface area contributed by atoms with Gasteiger partial charge in [0.15, 0.2) is 5.72 Å². The Morgan fingerprint density at radius 3 is 2.27 bits per heavy atom. The number of fused-ring (bicyclic) bond motifs is 1. The number of nitrogens with zero attached hydrogens (tertiary/aromatic N) is 1. The molecule has 0 saturated carbocycles. The molecular formula is C23H19F3N2O4S. The fourth-order valence-corrected chi connectivity index (χ4v) is 4.50. The van der Waals surface area contributed by atoms with E-state index in [1.165, 1.54) is 48.5 Å². The highest BCUT2D eigenvalue weighted by molar-refractivity contribution is 7.89. The number of hydrogen-bond acceptors (Lipinski definition) is 4. The molecule has 0 aliphatic carbocycles. The van der Waals surface area contributed by atoms with Crippen LogP contribution in [0, 0.1) is 0 Å². The van der Waals surface area contributed by atoms with Crippen LogP contribution in [0.2, 0.25) is 0 Å². The normalized spacial score (nSPS) is 18.5. The van der Waals surface area contributed by atoms with Gasteiger partial charge in [-0.2, -0.15) is 13.2 Å². The number of carbonyl (C=O) groups is 1. The molecule has 1 atom stereocenters. The highest BCUT2D eigenvalue weighted by atomic mass is 32.2. The number of primary sulfonamides is 1. The van der Waals surface area contributed by atoms with E-state index < -0.39 is 33.4 Å². The smallest absolute Gasteiger partial charge is 0.363 e. The topological polar surface area (TPSA) is 101 Å². The van der Waals surface area contributed by atoms with Crippen molar-refractivity contribution in [2.45, 2.75) is 23.2 Å². The molecule has 10 heteroatoms. The molecule has 33 heavy (non-hydrogen) atoms. The summed E-state index contributed by atoms with van der Waals surface area (Å²) in [6, 6.07) is 16.2. The first-order valence-electron chi connectivity index (χ1n) is 9.85. The van der Waals surface area contributed by atoms with Crippen molar-refractivity contribution in [1.29, 1.82) is 0 Å². The van der Waals surface area contributed by atoms with Gasteiger partial charge < -0.3 is 10.0 Å². The van der Waals surface area contributed by atoms with Gasteiger partial charge in [-0.15, -0.1) is 0 Å². The van der Waals surface area contributed by atoms with Crippen LogP contribution in [0.15, 0.2) is 77.7 Å². The molecule has 1 aliphatic rings. The summed E-state index contributed by atoms with van der Waals surface area (Å²) in [4.78, 5) is 14.2. The molecule has 0 radical (unpaired) electrons. The zero-order valence-electron chi connectivity index (χ0n) is 17.1. The molecule has 3 N–H and O–H groups in total. The van der Waals surface area contributed by atoms with Gasteiger partial charge in [0.25, 0.3) is 5.91 Å². The molecular weight excluding hydrogens is 457 g/mol. The first-order chi connectivity index (χ1) is 15.4. The molecule has 3 aromatic carbocycles. The third-order valence-corrected chi connectivity index (χ3v) is 6.57. The number of sulfonamides is 1. The predicted octanol–water partition coefficient (Wildman–Crippen LogP) is 3.24. The molecule has 0 fully saturated rings. The standard InChI is InChI=1S/C23H19F3N2O4S/c24-23(25,26)17-5-3-4-16(14-17)22(30)20-7-2-1-6-19(20)21(29)28(22)13-12-15-8-10-18(11-9-15)33(27,31)32/h1-11,14,30H,12-13H2,(H2,27,31,32). The largest absolute Gasteiger partial charge is 0.416 e. The lowest BCUT2D eigenvalue weighted by Crippen LogP contribution is -2.45. The fraction of sp³-hybridized carbons (Fsp3) is 0.174. The van der Waals surface area contributed by atoms with Crippen LogP contribution in [0.25, 0.3) is 0 Å². The summed E-state index contributed by atoms with van der Waals surface area (Å²) in [6.07, 6.45) is -4.41. The lowest BCUT2D eigenvalue weighted by molar-refractivity contribution is -0.137. The molecule has 1 heterocycles. The van der Waals surface area contributed by atoms with E-state index in [2.05, 4.69) is 0 Å². The summed E-state index contributed by atoms with van der Waals surface area (Å²) >= 11 is 0. The Hall–Kier alpha value is -3.21. The number of alkyl halides is 3. The molecule has 172 valence electrons. The highest BCUT2D eigenvalue weighted by Crippen LogP contribution is 2.43. The quantitative estimate of drug-likeness (QED) is 0.590. The lowest BCUT2D eigenvalue weighted by atomic mass is 9.92. The van der Waals surface area contributed by atoms with Crippen LogP contribution in [0.5, 0.6) is 0 Å². The van der Waals surface area contributed by atoms with E-state index >= 15 is 0 Å². The van der Waals surface area contributed by atoms with Crippen LogP contribution in [0.4, 0.5) is 13.2 Å². The lowest BCUT2D eigenvalue weighted by Gasteiger charge is -2.35. The van der Waals surface area contributed by atoms with Crippen molar-refractivity contribution in [1.82, 2.24) is 4.90 Å². The third kappa shape index (κ3) is 4.12. The molecule has 1 aliphatic heterocycles. The van der Waals surface area contributed by atoms with Gasteiger partial charge in [-0.05, 0) is 42.3 Å². The third-order valence-electron chi connectivity index (χ3n) is 5.64. The van der Waals surface area contributed by atoms with E-state index in [-0.39, 0.29) is 34.6 Å². The summed E-state index contributed by atoms with van der Waals surface area (Å²) in [5, 5.41) is 16.8. The SMILES string of the molecule is NS(=O)(=O)c1ccc(CCN2C(=O)c3ccccc3C2(O)c2cccc(C(F)(F)F)c2)cc1. The van der Waals surface area contributed by atoms with Gasteiger partial charge in [0, 0.05) is 23.2 Å². The van der Waals surface area contributed by atoms with Gasteiger partial charge in [-0.25, -0.2) is 13.6 Å². The van der Waals surface area contributed by atoms with Crippen LogP contribution >= 0.6 is 0 Å². The second-order valence-corrected chi connectivity index (χ2v) is 9.25. The average molecular weight is 476 g/mol. The zero-order valence-corrected chi connectivity index (χ0v) is 17.9.